The highest BCUT2D eigenvalue weighted by Gasteiger charge is 2.23. The van der Waals surface area contributed by atoms with Crippen LogP contribution < -0.4 is 5.73 Å². The molecule has 1 fully saturated rings. The lowest BCUT2D eigenvalue weighted by molar-refractivity contribution is -0.0968. The van der Waals surface area contributed by atoms with E-state index >= 15 is 0 Å². The molecule has 1 aliphatic heterocycles. The summed E-state index contributed by atoms with van der Waals surface area (Å²) in [6.45, 7) is 1.59. The molecular weight excluding hydrogens is 245 g/mol. The van der Waals surface area contributed by atoms with Gasteiger partial charge in [-0.25, -0.2) is 4.39 Å². The smallest absolute Gasteiger partial charge is 0.145 e. The van der Waals surface area contributed by atoms with Crippen LogP contribution in [0.2, 0.25) is 5.02 Å². The molecule has 0 aromatic heterocycles. The molecule has 0 amide bonds. The Bertz CT molecular complexity index is 383. The maximum atomic E-state index is 13.7. The zero-order valence-corrected chi connectivity index (χ0v) is 10.1. The average Bonchev–Trinajstić information content (AvgIpc) is 2.36. The zero-order chi connectivity index (χ0) is 12.3. The molecule has 0 saturated carbocycles. The molecule has 2 N–H and O–H groups in total. The van der Waals surface area contributed by atoms with Crippen molar-refractivity contribution in [2.24, 2.45) is 5.73 Å². The van der Waals surface area contributed by atoms with E-state index in [1.807, 2.05) is 0 Å². The Morgan fingerprint density at radius 3 is 3.00 bits per heavy atom. The molecular formula is C12H15ClFNO2. The number of halogens is 2. The maximum absolute atomic E-state index is 13.7. The predicted molar refractivity (Wildman–Crippen MR) is 63.6 cm³/mol. The summed E-state index contributed by atoms with van der Waals surface area (Å²) in [5.74, 6) is -0.402. The van der Waals surface area contributed by atoms with Crippen molar-refractivity contribution in [3.63, 3.8) is 0 Å². The van der Waals surface area contributed by atoms with Crippen molar-refractivity contribution in [3.8, 4) is 0 Å². The summed E-state index contributed by atoms with van der Waals surface area (Å²) < 4.78 is 24.4. The molecule has 1 aromatic rings. The molecule has 5 heteroatoms. The fourth-order valence-corrected chi connectivity index (χ4v) is 2.04. The standard InChI is InChI=1S/C12H15ClFNO2/c13-9-3-1-2-8(12(9)14)6-10(15)11-7-16-4-5-17-11/h1-3,10-11H,4-7,15H2. The van der Waals surface area contributed by atoms with Gasteiger partial charge in [-0.2, -0.15) is 0 Å². The molecule has 2 unspecified atom stereocenters. The lowest BCUT2D eigenvalue weighted by Gasteiger charge is -2.28. The molecule has 1 aromatic carbocycles. The van der Waals surface area contributed by atoms with Gasteiger partial charge >= 0.3 is 0 Å². The Kier molecular flexibility index (Phi) is 4.34. The van der Waals surface area contributed by atoms with Crippen LogP contribution in [0.25, 0.3) is 0 Å². The largest absolute Gasteiger partial charge is 0.376 e. The normalized spacial score (nSPS) is 22.4. The van der Waals surface area contributed by atoms with Gasteiger partial charge in [0.15, 0.2) is 0 Å². The highest BCUT2D eigenvalue weighted by atomic mass is 35.5. The minimum atomic E-state index is -0.402. The van der Waals surface area contributed by atoms with Gasteiger partial charge in [0.05, 0.1) is 30.9 Å². The Morgan fingerprint density at radius 2 is 2.29 bits per heavy atom. The first-order valence-electron chi connectivity index (χ1n) is 5.56. The van der Waals surface area contributed by atoms with Crippen molar-refractivity contribution in [1.82, 2.24) is 0 Å². The summed E-state index contributed by atoms with van der Waals surface area (Å²) in [6, 6.07) is 4.63. The lowest BCUT2D eigenvalue weighted by Crippen LogP contribution is -2.45. The van der Waals surface area contributed by atoms with E-state index in [1.54, 1.807) is 12.1 Å². The topological polar surface area (TPSA) is 44.5 Å². The van der Waals surface area contributed by atoms with Crippen LogP contribution >= 0.6 is 11.6 Å². The van der Waals surface area contributed by atoms with Gasteiger partial charge in [-0.05, 0) is 18.1 Å². The maximum Gasteiger partial charge on any atom is 0.145 e. The summed E-state index contributed by atoms with van der Waals surface area (Å²) in [4.78, 5) is 0. The molecule has 94 valence electrons. The second-order valence-electron chi connectivity index (χ2n) is 4.07. The van der Waals surface area contributed by atoms with Crippen molar-refractivity contribution in [1.29, 1.82) is 0 Å². The van der Waals surface area contributed by atoms with Gasteiger partial charge in [-0.3, -0.25) is 0 Å². The summed E-state index contributed by atoms with van der Waals surface area (Å²) in [6.07, 6.45) is 0.211. The molecule has 0 bridgehead atoms. The van der Waals surface area contributed by atoms with Crippen LogP contribution in [0.3, 0.4) is 0 Å². The molecule has 2 atom stereocenters. The summed E-state index contributed by atoms with van der Waals surface area (Å²) in [7, 11) is 0. The van der Waals surface area contributed by atoms with Crippen LogP contribution in [-0.2, 0) is 15.9 Å². The number of hydrogen-bond acceptors (Lipinski definition) is 3. The molecule has 0 spiro atoms. The van der Waals surface area contributed by atoms with Crippen LogP contribution in [0, 0.1) is 5.82 Å². The number of benzene rings is 1. The third kappa shape index (κ3) is 3.16. The predicted octanol–water partition coefficient (Wildman–Crippen LogP) is 1.76. The first-order valence-corrected chi connectivity index (χ1v) is 5.94. The number of hydrogen-bond donors (Lipinski definition) is 1. The van der Waals surface area contributed by atoms with E-state index in [0.717, 1.165) is 0 Å². The third-order valence-electron chi connectivity index (χ3n) is 2.81. The van der Waals surface area contributed by atoms with Crippen molar-refractivity contribution in [2.75, 3.05) is 19.8 Å². The van der Waals surface area contributed by atoms with Gasteiger partial charge in [0.25, 0.3) is 0 Å². The van der Waals surface area contributed by atoms with Gasteiger partial charge in [0.1, 0.15) is 5.82 Å². The Labute approximate surface area is 105 Å². The van der Waals surface area contributed by atoms with Gasteiger partial charge in [0.2, 0.25) is 0 Å². The molecule has 0 aliphatic carbocycles. The second-order valence-corrected chi connectivity index (χ2v) is 4.47. The monoisotopic (exact) mass is 259 g/mol. The van der Waals surface area contributed by atoms with Crippen LogP contribution in [0.1, 0.15) is 5.56 Å². The quantitative estimate of drug-likeness (QED) is 0.900. The molecule has 1 heterocycles. The van der Waals surface area contributed by atoms with E-state index in [0.29, 0.717) is 31.8 Å². The van der Waals surface area contributed by atoms with Crippen molar-refractivity contribution in [3.05, 3.63) is 34.6 Å². The van der Waals surface area contributed by atoms with Crippen LogP contribution in [0.5, 0.6) is 0 Å². The minimum absolute atomic E-state index is 0.121. The van der Waals surface area contributed by atoms with E-state index in [1.165, 1.54) is 6.07 Å². The first-order chi connectivity index (χ1) is 8.18. The van der Waals surface area contributed by atoms with E-state index in [4.69, 9.17) is 26.8 Å². The van der Waals surface area contributed by atoms with Gasteiger partial charge in [-0.15, -0.1) is 0 Å². The molecule has 17 heavy (non-hydrogen) atoms. The molecule has 1 saturated heterocycles. The van der Waals surface area contributed by atoms with E-state index in [2.05, 4.69) is 0 Å². The fraction of sp³-hybridized carbons (Fsp3) is 0.500. The average molecular weight is 260 g/mol. The third-order valence-corrected chi connectivity index (χ3v) is 3.10. The SMILES string of the molecule is NC(Cc1cccc(Cl)c1F)C1COCCO1. The van der Waals surface area contributed by atoms with Crippen molar-refractivity contribution >= 4 is 11.6 Å². The van der Waals surface area contributed by atoms with E-state index < -0.39 is 5.82 Å². The van der Waals surface area contributed by atoms with E-state index in [9.17, 15) is 4.39 Å². The summed E-state index contributed by atoms with van der Waals surface area (Å²) in [5.41, 5.74) is 6.50. The van der Waals surface area contributed by atoms with Gasteiger partial charge < -0.3 is 15.2 Å². The zero-order valence-electron chi connectivity index (χ0n) is 9.36. The number of rotatable bonds is 3. The number of nitrogens with two attached hydrogens (primary N) is 1. The fourth-order valence-electron chi connectivity index (χ4n) is 1.84. The van der Waals surface area contributed by atoms with E-state index in [-0.39, 0.29) is 17.2 Å². The summed E-state index contributed by atoms with van der Waals surface area (Å²) >= 11 is 5.71. The Hall–Kier alpha value is -0.680. The van der Waals surface area contributed by atoms with Gasteiger partial charge in [0, 0.05) is 6.04 Å². The second kappa shape index (κ2) is 5.78. The lowest BCUT2D eigenvalue weighted by atomic mass is 10.0. The molecule has 3 nitrogen and oxygen atoms in total. The Balaban J connectivity index is 2.01. The van der Waals surface area contributed by atoms with Crippen LogP contribution in [0.15, 0.2) is 18.2 Å². The Morgan fingerprint density at radius 1 is 1.47 bits per heavy atom. The molecule has 0 radical (unpaired) electrons. The first kappa shape index (κ1) is 12.8. The van der Waals surface area contributed by atoms with Crippen molar-refractivity contribution < 1.29 is 13.9 Å². The minimum Gasteiger partial charge on any atom is -0.376 e. The highest BCUT2D eigenvalue weighted by molar-refractivity contribution is 6.30. The van der Waals surface area contributed by atoms with Crippen molar-refractivity contribution in [2.45, 2.75) is 18.6 Å². The highest BCUT2D eigenvalue weighted by Crippen LogP contribution is 2.20. The number of ether oxygens (including phenoxy) is 2. The van der Waals surface area contributed by atoms with Gasteiger partial charge in [-0.1, -0.05) is 23.7 Å². The molecule has 1 aliphatic rings. The molecule has 2 rings (SSSR count). The van der Waals surface area contributed by atoms with Crippen LogP contribution in [0.4, 0.5) is 4.39 Å². The van der Waals surface area contributed by atoms with Crippen LogP contribution in [-0.4, -0.2) is 32.0 Å². The summed E-state index contributed by atoms with van der Waals surface area (Å²) in [5, 5.41) is 0.121.